The molecule has 2 aromatic carbocycles. The fourth-order valence-electron chi connectivity index (χ4n) is 2.78. The lowest BCUT2D eigenvalue weighted by atomic mass is 10.2. The van der Waals surface area contributed by atoms with E-state index in [4.69, 9.17) is 22.4 Å². The van der Waals surface area contributed by atoms with Crippen LogP contribution in [0.3, 0.4) is 0 Å². The van der Waals surface area contributed by atoms with Crippen LogP contribution in [0.25, 0.3) is 0 Å². The van der Waals surface area contributed by atoms with Gasteiger partial charge < -0.3 is 9.32 Å². The highest BCUT2D eigenvalue weighted by Crippen LogP contribution is 2.24. The highest BCUT2D eigenvalue weighted by atomic mass is 35.5. The van der Waals surface area contributed by atoms with Crippen molar-refractivity contribution in [2.24, 2.45) is 0 Å². The molecule has 3 aromatic rings. The second-order valence-corrected chi connectivity index (χ2v) is 8.54. The van der Waals surface area contributed by atoms with Crippen LogP contribution in [-0.2, 0) is 23.1 Å². The predicted molar refractivity (Wildman–Crippen MR) is 114 cm³/mol. The summed E-state index contributed by atoms with van der Waals surface area (Å²) in [5.74, 6) is 2.56. The van der Waals surface area contributed by atoms with E-state index in [-0.39, 0.29) is 35.1 Å². The zero-order valence-corrected chi connectivity index (χ0v) is 17.5. The van der Waals surface area contributed by atoms with Crippen molar-refractivity contribution < 1.29 is 17.6 Å². The second kappa shape index (κ2) is 9.63. The Labute approximate surface area is 180 Å². The van der Waals surface area contributed by atoms with Crippen molar-refractivity contribution in [2.75, 3.05) is 6.54 Å². The number of nitrogens with one attached hydrogen (secondary N) is 1. The standard InChI is InChI=1S/C22H19ClN2O4S/c1-2-12-25(16-19-9-6-13-29-19)22(26)18-10-11-20(23)21(14-18)30(27,28)24-15-17-7-4-3-5-8-17/h1,3-11,13-14,24H,12,15-16H2. The van der Waals surface area contributed by atoms with E-state index >= 15 is 0 Å². The summed E-state index contributed by atoms with van der Waals surface area (Å²) in [5.41, 5.74) is 0.948. The molecule has 1 amide bonds. The Morgan fingerprint density at radius 1 is 1.13 bits per heavy atom. The number of carbonyl (C=O) groups excluding carboxylic acids is 1. The molecule has 0 spiro atoms. The Balaban J connectivity index is 1.84. The molecule has 1 aromatic heterocycles. The summed E-state index contributed by atoms with van der Waals surface area (Å²) in [4.78, 5) is 14.2. The number of benzene rings is 2. The maximum absolute atomic E-state index is 13.0. The summed E-state index contributed by atoms with van der Waals surface area (Å²) >= 11 is 6.13. The number of sulfonamides is 1. The van der Waals surface area contributed by atoms with Crippen molar-refractivity contribution in [2.45, 2.75) is 18.0 Å². The number of nitrogens with zero attached hydrogens (tertiary/aromatic N) is 1. The smallest absolute Gasteiger partial charge is 0.255 e. The molecule has 0 saturated heterocycles. The topological polar surface area (TPSA) is 79.6 Å². The highest BCUT2D eigenvalue weighted by Gasteiger charge is 2.23. The van der Waals surface area contributed by atoms with Gasteiger partial charge in [0.15, 0.2) is 0 Å². The Hall–Kier alpha value is -3.05. The number of halogens is 1. The average molecular weight is 443 g/mol. The average Bonchev–Trinajstić information content (AvgIpc) is 3.26. The van der Waals surface area contributed by atoms with Gasteiger partial charge in [0.05, 0.1) is 24.4 Å². The number of hydrogen-bond donors (Lipinski definition) is 1. The second-order valence-electron chi connectivity index (χ2n) is 6.40. The molecular weight excluding hydrogens is 424 g/mol. The minimum Gasteiger partial charge on any atom is -0.467 e. The summed E-state index contributed by atoms with van der Waals surface area (Å²) in [6.45, 7) is 0.295. The van der Waals surface area contributed by atoms with E-state index in [0.717, 1.165) is 5.56 Å². The summed E-state index contributed by atoms with van der Waals surface area (Å²) < 4.78 is 33.4. The van der Waals surface area contributed by atoms with E-state index in [1.807, 2.05) is 18.2 Å². The molecule has 30 heavy (non-hydrogen) atoms. The fourth-order valence-corrected chi connectivity index (χ4v) is 4.32. The van der Waals surface area contributed by atoms with Gasteiger partial charge in [0.2, 0.25) is 10.0 Å². The molecule has 0 unspecified atom stereocenters. The first-order chi connectivity index (χ1) is 14.4. The molecule has 154 valence electrons. The molecule has 0 fully saturated rings. The number of furan rings is 1. The molecule has 1 heterocycles. The Kier molecular flexibility index (Phi) is 6.95. The van der Waals surface area contributed by atoms with E-state index in [1.165, 1.54) is 29.4 Å². The Morgan fingerprint density at radius 3 is 2.57 bits per heavy atom. The quantitative estimate of drug-likeness (QED) is 0.539. The van der Waals surface area contributed by atoms with Gasteiger partial charge in [0.25, 0.3) is 5.91 Å². The van der Waals surface area contributed by atoms with E-state index in [2.05, 4.69) is 10.6 Å². The van der Waals surface area contributed by atoms with Gasteiger partial charge in [-0.3, -0.25) is 4.79 Å². The van der Waals surface area contributed by atoms with Gasteiger partial charge in [0.1, 0.15) is 10.7 Å². The van der Waals surface area contributed by atoms with Crippen molar-refractivity contribution >= 4 is 27.5 Å². The van der Waals surface area contributed by atoms with Gasteiger partial charge in [-0.15, -0.1) is 6.42 Å². The first-order valence-corrected chi connectivity index (χ1v) is 10.8. The minimum atomic E-state index is -3.94. The molecule has 1 N–H and O–H groups in total. The Morgan fingerprint density at radius 2 is 1.90 bits per heavy atom. The van der Waals surface area contributed by atoms with Gasteiger partial charge in [-0.2, -0.15) is 0 Å². The van der Waals surface area contributed by atoms with Crippen molar-refractivity contribution in [3.8, 4) is 12.3 Å². The number of rotatable bonds is 8. The van der Waals surface area contributed by atoms with Crippen LogP contribution in [0.1, 0.15) is 21.7 Å². The van der Waals surface area contributed by atoms with Crippen LogP contribution in [0.15, 0.2) is 76.2 Å². The molecule has 0 aliphatic rings. The number of terminal acetylenes is 1. The van der Waals surface area contributed by atoms with Crippen LogP contribution in [-0.4, -0.2) is 25.8 Å². The molecule has 0 atom stereocenters. The number of hydrogen-bond acceptors (Lipinski definition) is 4. The van der Waals surface area contributed by atoms with Crippen molar-refractivity contribution in [1.82, 2.24) is 9.62 Å². The summed E-state index contributed by atoms with van der Waals surface area (Å²) in [6.07, 6.45) is 6.89. The molecule has 0 bridgehead atoms. The van der Waals surface area contributed by atoms with Gasteiger partial charge >= 0.3 is 0 Å². The summed E-state index contributed by atoms with van der Waals surface area (Å²) in [6, 6.07) is 16.6. The van der Waals surface area contributed by atoms with Gasteiger partial charge in [-0.05, 0) is 35.9 Å². The van der Waals surface area contributed by atoms with Crippen molar-refractivity contribution in [1.29, 1.82) is 0 Å². The molecule has 0 aliphatic heterocycles. The van der Waals surface area contributed by atoms with E-state index in [1.54, 1.807) is 24.3 Å². The molecule has 0 saturated carbocycles. The van der Waals surface area contributed by atoms with Crippen molar-refractivity contribution in [3.63, 3.8) is 0 Å². The molecule has 8 heteroatoms. The lowest BCUT2D eigenvalue weighted by Crippen LogP contribution is -2.31. The molecule has 3 rings (SSSR count). The number of amides is 1. The maximum Gasteiger partial charge on any atom is 0.255 e. The van der Waals surface area contributed by atoms with Crippen LogP contribution in [0.4, 0.5) is 0 Å². The summed E-state index contributed by atoms with van der Waals surface area (Å²) in [5, 5.41) is 0.0154. The van der Waals surface area contributed by atoms with Crippen LogP contribution in [0.5, 0.6) is 0 Å². The first-order valence-electron chi connectivity index (χ1n) is 8.99. The van der Waals surface area contributed by atoms with Crippen LogP contribution >= 0.6 is 11.6 Å². The normalized spacial score (nSPS) is 11.1. The van der Waals surface area contributed by atoms with Crippen LogP contribution in [0, 0.1) is 12.3 Å². The number of carbonyl (C=O) groups is 1. The zero-order chi connectivity index (χ0) is 21.6. The van der Waals surface area contributed by atoms with Gasteiger partial charge in [0, 0.05) is 12.1 Å². The van der Waals surface area contributed by atoms with Gasteiger partial charge in [-0.1, -0.05) is 47.9 Å². The fraction of sp³-hybridized carbons (Fsp3) is 0.136. The molecular formula is C22H19ClN2O4S. The SMILES string of the molecule is C#CCN(Cc1ccco1)C(=O)c1ccc(Cl)c(S(=O)(=O)NCc2ccccc2)c1. The third-order valence-corrected chi connectivity index (χ3v) is 6.16. The van der Waals surface area contributed by atoms with E-state index in [9.17, 15) is 13.2 Å². The molecule has 0 aliphatic carbocycles. The van der Waals surface area contributed by atoms with Gasteiger partial charge in [-0.25, -0.2) is 13.1 Å². The van der Waals surface area contributed by atoms with Crippen molar-refractivity contribution in [3.05, 3.63) is 88.8 Å². The minimum absolute atomic E-state index is 0.0154. The Bertz CT molecular complexity index is 1150. The van der Waals surface area contributed by atoms with Crippen LogP contribution < -0.4 is 4.72 Å². The van der Waals surface area contributed by atoms with E-state index in [0.29, 0.717) is 5.76 Å². The molecule has 6 nitrogen and oxygen atoms in total. The maximum atomic E-state index is 13.0. The lowest BCUT2D eigenvalue weighted by Gasteiger charge is -2.19. The molecule has 0 radical (unpaired) electrons. The largest absolute Gasteiger partial charge is 0.467 e. The lowest BCUT2D eigenvalue weighted by molar-refractivity contribution is 0.0755. The van der Waals surface area contributed by atoms with Crippen LogP contribution in [0.2, 0.25) is 5.02 Å². The third kappa shape index (κ3) is 5.30. The predicted octanol–water partition coefficient (Wildman–Crippen LogP) is 3.69. The first kappa shape index (κ1) is 21.7. The monoisotopic (exact) mass is 442 g/mol. The third-order valence-electron chi connectivity index (χ3n) is 4.27. The van der Waals surface area contributed by atoms with E-state index < -0.39 is 15.9 Å². The zero-order valence-electron chi connectivity index (χ0n) is 15.9. The highest BCUT2D eigenvalue weighted by molar-refractivity contribution is 7.89. The summed E-state index contributed by atoms with van der Waals surface area (Å²) in [7, 11) is -3.94.